The number of carbonyl (C=O) groups excluding carboxylic acids is 3. The number of nitrogens with zero attached hydrogens (tertiary/aromatic N) is 3. The molecule has 5 rings (SSSR count). The van der Waals surface area contributed by atoms with Gasteiger partial charge in [0.2, 0.25) is 11.8 Å². The van der Waals surface area contributed by atoms with E-state index >= 15 is 0 Å². The van der Waals surface area contributed by atoms with Crippen LogP contribution < -0.4 is 0 Å². The van der Waals surface area contributed by atoms with Gasteiger partial charge in [-0.2, -0.15) is 0 Å². The third kappa shape index (κ3) is 4.22. The number of rotatable bonds is 5. The normalized spacial score (nSPS) is 24.2. The van der Waals surface area contributed by atoms with Crippen molar-refractivity contribution >= 4 is 17.7 Å². The Morgan fingerprint density at radius 3 is 2.14 bits per heavy atom. The minimum absolute atomic E-state index is 0.00253. The van der Waals surface area contributed by atoms with Crippen LogP contribution in [0.15, 0.2) is 48.5 Å². The Kier molecular flexibility index (Phi) is 6.36. The molecule has 7 heteroatoms. The van der Waals surface area contributed by atoms with Crippen molar-refractivity contribution in [3.05, 3.63) is 59.7 Å². The number of hydrogen-bond acceptors (Lipinski definition) is 4. The van der Waals surface area contributed by atoms with Crippen molar-refractivity contribution in [1.82, 2.24) is 14.7 Å². The molecule has 0 bridgehead atoms. The summed E-state index contributed by atoms with van der Waals surface area (Å²) in [6.45, 7) is 0.568. The van der Waals surface area contributed by atoms with Crippen LogP contribution in [0.3, 0.4) is 0 Å². The van der Waals surface area contributed by atoms with E-state index in [0.717, 1.165) is 42.4 Å². The summed E-state index contributed by atoms with van der Waals surface area (Å²) in [4.78, 5) is 43.1. The second kappa shape index (κ2) is 9.46. The molecule has 184 valence electrons. The molecule has 35 heavy (non-hydrogen) atoms. The molecule has 1 saturated carbocycles. The molecule has 3 amide bonds. The number of carbonyl (C=O) groups is 3. The zero-order valence-corrected chi connectivity index (χ0v) is 20.4. The minimum atomic E-state index is -0.251. The molecule has 2 saturated heterocycles. The zero-order chi connectivity index (χ0) is 24.7. The molecule has 0 radical (unpaired) electrons. The molecule has 3 atom stereocenters. The Hall–Kier alpha value is -3.19. The molecule has 7 nitrogen and oxygen atoms in total. The topological polar surface area (TPSA) is 81.2 Å². The van der Waals surface area contributed by atoms with E-state index in [2.05, 4.69) is 12.1 Å². The van der Waals surface area contributed by atoms with Gasteiger partial charge in [-0.25, -0.2) is 0 Å². The van der Waals surface area contributed by atoms with Gasteiger partial charge in [0.1, 0.15) is 0 Å². The van der Waals surface area contributed by atoms with Crippen molar-refractivity contribution in [3.8, 4) is 11.1 Å². The Morgan fingerprint density at radius 1 is 0.971 bits per heavy atom. The standard InChI is InChI=1S/C28H33N3O4/c1-29(2)27(34)22-13-9-19(10-14-22)18-7-11-20(12-8-18)26-23-15-30(28(35)21-5-3-4-6-21)16-25(33)31(23)24(26)17-32/h7-14,21,23-24,26,32H,3-6,15-17H2,1-2H3/t23-,24-,26-/m1/s1. The zero-order valence-electron chi connectivity index (χ0n) is 20.4. The molecule has 2 heterocycles. The van der Waals surface area contributed by atoms with E-state index in [1.807, 2.05) is 36.4 Å². The lowest BCUT2D eigenvalue weighted by molar-refractivity contribution is -0.168. The first-order valence-electron chi connectivity index (χ1n) is 12.5. The minimum Gasteiger partial charge on any atom is -0.394 e. The molecule has 3 aliphatic rings. The van der Waals surface area contributed by atoms with Gasteiger partial charge < -0.3 is 19.8 Å². The molecular weight excluding hydrogens is 442 g/mol. The fraction of sp³-hybridized carbons (Fsp3) is 0.464. The van der Waals surface area contributed by atoms with Gasteiger partial charge in [-0.3, -0.25) is 14.4 Å². The van der Waals surface area contributed by atoms with E-state index in [0.29, 0.717) is 12.1 Å². The third-order valence-electron chi connectivity index (χ3n) is 7.94. The van der Waals surface area contributed by atoms with Gasteiger partial charge in [-0.15, -0.1) is 0 Å². The quantitative estimate of drug-likeness (QED) is 0.721. The van der Waals surface area contributed by atoms with Gasteiger partial charge in [-0.05, 0) is 41.7 Å². The summed E-state index contributed by atoms with van der Waals surface area (Å²) in [5.41, 5.74) is 3.76. The number of amides is 3. The van der Waals surface area contributed by atoms with E-state index in [1.54, 1.807) is 28.8 Å². The highest BCUT2D eigenvalue weighted by atomic mass is 16.3. The third-order valence-corrected chi connectivity index (χ3v) is 7.94. The Bertz CT molecular complexity index is 1110. The van der Waals surface area contributed by atoms with Crippen molar-refractivity contribution in [2.75, 3.05) is 33.8 Å². The van der Waals surface area contributed by atoms with Crippen molar-refractivity contribution in [2.45, 2.75) is 43.7 Å². The van der Waals surface area contributed by atoms with Crippen LogP contribution in [0.4, 0.5) is 0 Å². The number of hydrogen-bond donors (Lipinski definition) is 1. The average Bonchev–Trinajstić information content (AvgIpc) is 3.40. The summed E-state index contributed by atoms with van der Waals surface area (Å²) in [6, 6.07) is 15.4. The van der Waals surface area contributed by atoms with Gasteiger partial charge in [0.15, 0.2) is 0 Å². The van der Waals surface area contributed by atoms with Crippen LogP contribution in [-0.4, -0.2) is 83.4 Å². The molecule has 0 spiro atoms. The monoisotopic (exact) mass is 475 g/mol. The molecule has 0 aromatic heterocycles. The van der Waals surface area contributed by atoms with Crippen LogP contribution in [0.25, 0.3) is 11.1 Å². The summed E-state index contributed by atoms with van der Waals surface area (Å²) in [5, 5.41) is 10.1. The van der Waals surface area contributed by atoms with Crippen LogP contribution in [-0.2, 0) is 9.59 Å². The maximum Gasteiger partial charge on any atom is 0.253 e. The molecule has 1 N–H and O–H groups in total. The SMILES string of the molecule is CN(C)C(=O)c1ccc(-c2ccc([C@H]3[C@@H](CO)N4C(=O)CN(C(=O)C5CCCC5)C[C@H]34)cc2)cc1. The van der Waals surface area contributed by atoms with Crippen LogP contribution in [0.5, 0.6) is 0 Å². The van der Waals surface area contributed by atoms with Crippen molar-refractivity contribution in [1.29, 1.82) is 0 Å². The molecular formula is C28H33N3O4. The first-order valence-corrected chi connectivity index (χ1v) is 12.5. The second-order valence-electron chi connectivity index (χ2n) is 10.2. The highest BCUT2D eigenvalue weighted by Crippen LogP contribution is 2.43. The van der Waals surface area contributed by atoms with E-state index in [1.165, 1.54) is 0 Å². The van der Waals surface area contributed by atoms with Crippen LogP contribution in [0, 0.1) is 5.92 Å². The number of benzene rings is 2. The van der Waals surface area contributed by atoms with E-state index < -0.39 is 0 Å². The summed E-state index contributed by atoms with van der Waals surface area (Å²) in [5.74, 6) is 0.0801. The number of piperazine rings is 1. The maximum atomic E-state index is 13.0. The molecule has 2 aliphatic heterocycles. The van der Waals surface area contributed by atoms with E-state index in [4.69, 9.17) is 0 Å². The summed E-state index contributed by atoms with van der Waals surface area (Å²) < 4.78 is 0. The Balaban J connectivity index is 1.33. The van der Waals surface area contributed by atoms with Crippen molar-refractivity contribution in [3.63, 3.8) is 0 Å². The summed E-state index contributed by atoms with van der Waals surface area (Å²) in [7, 11) is 3.47. The van der Waals surface area contributed by atoms with Crippen LogP contribution in [0.2, 0.25) is 0 Å². The number of aliphatic hydroxyl groups is 1. The molecule has 2 aromatic rings. The Labute approximate surface area is 206 Å². The largest absolute Gasteiger partial charge is 0.394 e. The van der Waals surface area contributed by atoms with E-state index in [9.17, 15) is 19.5 Å². The maximum absolute atomic E-state index is 13.0. The summed E-state index contributed by atoms with van der Waals surface area (Å²) >= 11 is 0. The highest BCUT2D eigenvalue weighted by molar-refractivity contribution is 5.94. The van der Waals surface area contributed by atoms with Gasteiger partial charge in [0, 0.05) is 38.0 Å². The van der Waals surface area contributed by atoms with Gasteiger partial charge in [0.05, 0.1) is 25.2 Å². The second-order valence-corrected chi connectivity index (χ2v) is 10.2. The molecule has 2 aromatic carbocycles. The van der Waals surface area contributed by atoms with Gasteiger partial charge in [0.25, 0.3) is 5.91 Å². The number of aliphatic hydroxyl groups excluding tert-OH is 1. The lowest BCUT2D eigenvalue weighted by Gasteiger charge is -2.59. The fourth-order valence-electron chi connectivity index (χ4n) is 6.06. The van der Waals surface area contributed by atoms with Crippen molar-refractivity contribution < 1.29 is 19.5 Å². The van der Waals surface area contributed by atoms with Crippen molar-refractivity contribution in [2.24, 2.45) is 5.92 Å². The Morgan fingerprint density at radius 2 is 1.57 bits per heavy atom. The molecule has 3 fully saturated rings. The summed E-state index contributed by atoms with van der Waals surface area (Å²) in [6.07, 6.45) is 4.02. The van der Waals surface area contributed by atoms with Crippen LogP contribution in [0.1, 0.15) is 47.5 Å². The first kappa shape index (κ1) is 23.5. The molecule has 0 unspecified atom stereocenters. The van der Waals surface area contributed by atoms with Gasteiger partial charge >= 0.3 is 0 Å². The number of fused-ring (bicyclic) bond motifs is 1. The first-order chi connectivity index (χ1) is 16.9. The van der Waals surface area contributed by atoms with Gasteiger partial charge in [-0.1, -0.05) is 49.2 Å². The fourth-order valence-corrected chi connectivity index (χ4v) is 6.06. The van der Waals surface area contributed by atoms with E-state index in [-0.39, 0.29) is 54.8 Å². The lowest BCUT2D eigenvalue weighted by Crippen LogP contribution is -2.73. The van der Waals surface area contributed by atoms with Crippen LogP contribution >= 0.6 is 0 Å². The predicted octanol–water partition coefficient (Wildman–Crippen LogP) is 2.74. The predicted molar refractivity (Wildman–Crippen MR) is 133 cm³/mol. The smallest absolute Gasteiger partial charge is 0.253 e. The lowest BCUT2D eigenvalue weighted by atomic mass is 9.73. The molecule has 1 aliphatic carbocycles. The average molecular weight is 476 g/mol. The highest BCUT2D eigenvalue weighted by Gasteiger charge is 2.54.